The third-order valence-electron chi connectivity index (χ3n) is 1.79. The van der Waals surface area contributed by atoms with E-state index in [1.54, 1.807) is 24.3 Å². The van der Waals surface area contributed by atoms with Crippen LogP contribution in [0.25, 0.3) is 0 Å². The third-order valence-corrected chi connectivity index (χ3v) is 2.74. The molecule has 0 aliphatic carbocycles. The van der Waals surface area contributed by atoms with E-state index in [0.717, 1.165) is 5.69 Å². The second kappa shape index (κ2) is 4.80. The topological polar surface area (TPSA) is 70.0 Å². The zero-order chi connectivity index (χ0) is 11.3. The van der Waals surface area contributed by atoms with E-state index in [2.05, 4.69) is 5.32 Å². The average molecular weight is 224 g/mol. The minimum Gasteiger partial charge on any atom is -0.384 e. The lowest BCUT2D eigenvalue weighted by Crippen LogP contribution is -2.14. The van der Waals surface area contributed by atoms with Crippen molar-refractivity contribution in [3.63, 3.8) is 0 Å². The number of rotatable bonds is 4. The molecule has 0 heterocycles. The molecule has 1 aromatic carbocycles. The minimum absolute atomic E-state index is 0.0871. The van der Waals surface area contributed by atoms with Crippen molar-refractivity contribution >= 4 is 15.5 Å². The fraction of sp³-hybridized carbons (Fsp3) is 0.300. The summed E-state index contributed by atoms with van der Waals surface area (Å²) in [5.74, 6) is 0.0871. The maximum atomic E-state index is 10.9. The number of nitrogens with zero attached hydrogens (tertiary/aromatic N) is 1. The highest BCUT2D eigenvalue weighted by Gasteiger charge is 2.01. The standard InChI is InChI=1S/C10H12N2O2S/c1-15(13,14)6-5-12-10-4-2-3-9(7-10)8-11/h2-4,7,12H,5-6H2,1H3. The summed E-state index contributed by atoms with van der Waals surface area (Å²) in [4.78, 5) is 0. The number of anilines is 1. The van der Waals surface area contributed by atoms with E-state index in [1.165, 1.54) is 6.26 Å². The quantitative estimate of drug-likeness (QED) is 0.828. The Kier molecular flexibility index (Phi) is 3.69. The molecule has 0 amide bonds. The number of nitriles is 1. The zero-order valence-electron chi connectivity index (χ0n) is 8.40. The molecular weight excluding hydrogens is 212 g/mol. The molecule has 80 valence electrons. The van der Waals surface area contributed by atoms with Gasteiger partial charge in [0.05, 0.1) is 17.4 Å². The first kappa shape index (κ1) is 11.5. The molecular formula is C10H12N2O2S. The van der Waals surface area contributed by atoms with E-state index in [0.29, 0.717) is 12.1 Å². The lowest BCUT2D eigenvalue weighted by molar-refractivity contribution is 0.602. The monoisotopic (exact) mass is 224 g/mol. The summed E-state index contributed by atoms with van der Waals surface area (Å²) in [6.45, 7) is 0.355. The first-order valence-corrected chi connectivity index (χ1v) is 6.49. The van der Waals surface area contributed by atoms with Gasteiger partial charge in [-0.05, 0) is 18.2 Å². The predicted molar refractivity (Wildman–Crippen MR) is 59.4 cm³/mol. The van der Waals surface area contributed by atoms with Crippen molar-refractivity contribution in [2.45, 2.75) is 0 Å². The Morgan fingerprint density at radius 1 is 1.47 bits per heavy atom. The largest absolute Gasteiger partial charge is 0.384 e. The highest BCUT2D eigenvalue weighted by molar-refractivity contribution is 7.90. The van der Waals surface area contributed by atoms with E-state index >= 15 is 0 Å². The van der Waals surface area contributed by atoms with Crippen LogP contribution in [0.3, 0.4) is 0 Å². The van der Waals surface area contributed by atoms with Crippen LogP contribution in [-0.4, -0.2) is 27.0 Å². The predicted octanol–water partition coefficient (Wildman–Crippen LogP) is 1.01. The molecule has 1 N–H and O–H groups in total. The van der Waals surface area contributed by atoms with Crippen LogP contribution in [-0.2, 0) is 9.84 Å². The normalized spacial score (nSPS) is 10.7. The molecule has 5 heteroatoms. The molecule has 1 aromatic rings. The van der Waals surface area contributed by atoms with Crippen LogP contribution in [0, 0.1) is 11.3 Å². The maximum Gasteiger partial charge on any atom is 0.149 e. The zero-order valence-corrected chi connectivity index (χ0v) is 9.21. The van der Waals surface area contributed by atoms with Crippen LogP contribution in [0.2, 0.25) is 0 Å². The molecule has 0 saturated carbocycles. The third kappa shape index (κ3) is 4.47. The van der Waals surface area contributed by atoms with Gasteiger partial charge < -0.3 is 5.32 Å². The lowest BCUT2D eigenvalue weighted by atomic mass is 10.2. The van der Waals surface area contributed by atoms with Gasteiger partial charge in [-0.2, -0.15) is 5.26 Å². The number of hydrogen-bond donors (Lipinski definition) is 1. The number of hydrogen-bond acceptors (Lipinski definition) is 4. The van der Waals surface area contributed by atoms with Crippen LogP contribution in [0.1, 0.15) is 5.56 Å². The van der Waals surface area contributed by atoms with Crippen LogP contribution < -0.4 is 5.32 Å². The van der Waals surface area contributed by atoms with Crippen molar-refractivity contribution in [3.8, 4) is 6.07 Å². The molecule has 0 atom stereocenters. The van der Waals surface area contributed by atoms with E-state index in [9.17, 15) is 8.42 Å². The van der Waals surface area contributed by atoms with Gasteiger partial charge >= 0.3 is 0 Å². The summed E-state index contributed by atoms with van der Waals surface area (Å²) in [5, 5.41) is 11.6. The first-order valence-electron chi connectivity index (χ1n) is 4.43. The summed E-state index contributed by atoms with van der Waals surface area (Å²) in [7, 11) is -2.94. The van der Waals surface area contributed by atoms with Crippen molar-refractivity contribution in [2.24, 2.45) is 0 Å². The lowest BCUT2D eigenvalue weighted by Gasteiger charge is -2.05. The highest BCUT2D eigenvalue weighted by atomic mass is 32.2. The van der Waals surface area contributed by atoms with Crippen LogP contribution >= 0.6 is 0 Å². The van der Waals surface area contributed by atoms with Gasteiger partial charge in [0, 0.05) is 18.5 Å². The summed E-state index contributed by atoms with van der Waals surface area (Å²) in [5.41, 5.74) is 1.32. The molecule has 1 rings (SSSR count). The fourth-order valence-electron chi connectivity index (χ4n) is 1.08. The van der Waals surface area contributed by atoms with Gasteiger partial charge in [-0.25, -0.2) is 8.42 Å². The van der Waals surface area contributed by atoms with Gasteiger partial charge in [-0.15, -0.1) is 0 Å². The van der Waals surface area contributed by atoms with E-state index in [4.69, 9.17) is 5.26 Å². The fourth-order valence-corrected chi connectivity index (χ4v) is 1.55. The van der Waals surface area contributed by atoms with Gasteiger partial charge in [0.2, 0.25) is 0 Å². The van der Waals surface area contributed by atoms with Gasteiger partial charge in [0.15, 0.2) is 0 Å². The Labute approximate surface area is 89.5 Å². The van der Waals surface area contributed by atoms with Gasteiger partial charge in [0.25, 0.3) is 0 Å². The van der Waals surface area contributed by atoms with Crippen molar-refractivity contribution in [1.29, 1.82) is 5.26 Å². The Balaban J connectivity index is 2.55. The summed E-state index contributed by atoms with van der Waals surface area (Å²) in [6, 6.07) is 8.94. The molecule has 0 aliphatic rings. The molecule has 0 radical (unpaired) electrons. The number of nitrogens with one attached hydrogen (secondary N) is 1. The Bertz CT molecular complexity index is 474. The van der Waals surface area contributed by atoms with Gasteiger partial charge in [-0.1, -0.05) is 6.07 Å². The molecule has 0 bridgehead atoms. The van der Waals surface area contributed by atoms with Crippen molar-refractivity contribution < 1.29 is 8.42 Å². The summed E-state index contributed by atoms with van der Waals surface area (Å²) >= 11 is 0. The Morgan fingerprint density at radius 2 is 2.20 bits per heavy atom. The van der Waals surface area contributed by atoms with Crippen molar-refractivity contribution in [3.05, 3.63) is 29.8 Å². The highest BCUT2D eigenvalue weighted by Crippen LogP contribution is 2.09. The van der Waals surface area contributed by atoms with Crippen LogP contribution in [0.4, 0.5) is 5.69 Å². The summed E-state index contributed by atoms with van der Waals surface area (Å²) in [6.07, 6.45) is 1.19. The second-order valence-corrected chi connectivity index (χ2v) is 5.51. The van der Waals surface area contributed by atoms with E-state index < -0.39 is 9.84 Å². The Morgan fingerprint density at radius 3 is 2.80 bits per heavy atom. The molecule has 0 spiro atoms. The first-order chi connectivity index (χ1) is 7.01. The van der Waals surface area contributed by atoms with Gasteiger partial charge in [-0.3, -0.25) is 0 Å². The molecule has 0 aromatic heterocycles. The van der Waals surface area contributed by atoms with E-state index in [1.807, 2.05) is 6.07 Å². The van der Waals surface area contributed by atoms with Crippen LogP contribution in [0.5, 0.6) is 0 Å². The smallest absolute Gasteiger partial charge is 0.149 e. The molecule has 0 aliphatic heterocycles. The molecule has 15 heavy (non-hydrogen) atoms. The number of sulfone groups is 1. The molecule has 0 saturated heterocycles. The van der Waals surface area contributed by atoms with Gasteiger partial charge in [0.1, 0.15) is 9.84 Å². The van der Waals surface area contributed by atoms with Crippen molar-refractivity contribution in [1.82, 2.24) is 0 Å². The van der Waals surface area contributed by atoms with Crippen LogP contribution in [0.15, 0.2) is 24.3 Å². The molecule has 0 unspecified atom stereocenters. The maximum absolute atomic E-state index is 10.9. The average Bonchev–Trinajstić information content (AvgIpc) is 2.16. The molecule has 4 nitrogen and oxygen atoms in total. The Hall–Kier alpha value is -1.54. The summed E-state index contributed by atoms with van der Waals surface area (Å²) < 4.78 is 21.7. The van der Waals surface area contributed by atoms with E-state index in [-0.39, 0.29) is 5.75 Å². The number of benzene rings is 1. The van der Waals surface area contributed by atoms with Crippen molar-refractivity contribution in [2.75, 3.05) is 23.9 Å². The SMILES string of the molecule is CS(=O)(=O)CCNc1cccc(C#N)c1. The second-order valence-electron chi connectivity index (χ2n) is 3.25. The molecule has 0 fully saturated rings. The minimum atomic E-state index is -2.94.